The Morgan fingerprint density at radius 2 is 1.92 bits per heavy atom. The maximum absolute atomic E-state index is 12.5. The molecule has 2 unspecified atom stereocenters. The van der Waals surface area contributed by atoms with E-state index in [1.165, 1.54) is 18.4 Å². The lowest BCUT2D eigenvalue weighted by Crippen LogP contribution is -2.39. The van der Waals surface area contributed by atoms with Gasteiger partial charge in [0.25, 0.3) is 0 Å². The molecule has 4 heteroatoms. The molecule has 0 saturated carbocycles. The second-order valence-corrected chi connectivity index (χ2v) is 6.61. The molecule has 2 aromatic rings. The summed E-state index contributed by atoms with van der Waals surface area (Å²) in [6, 6.07) is 14.2. The zero-order valence-corrected chi connectivity index (χ0v) is 14.3. The molecule has 0 bridgehead atoms. The van der Waals surface area contributed by atoms with Crippen LogP contribution in [-0.2, 0) is 11.2 Å². The average Bonchev–Trinajstić information content (AvgIpc) is 3.30. The van der Waals surface area contributed by atoms with Crippen LogP contribution in [0.5, 0.6) is 0 Å². The first-order valence-corrected chi connectivity index (χ1v) is 8.83. The van der Waals surface area contributed by atoms with Crippen molar-refractivity contribution < 1.29 is 9.21 Å². The molecule has 1 aliphatic rings. The van der Waals surface area contributed by atoms with Gasteiger partial charge in [-0.1, -0.05) is 37.3 Å². The fourth-order valence-electron chi connectivity index (χ4n) is 3.38. The van der Waals surface area contributed by atoms with Crippen LogP contribution in [0, 0.1) is 5.92 Å². The van der Waals surface area contributed by atoms with Gasteiger partial charge in [0.05, 0.1) is 12.3 Å². The van der Waals surface area contributed by atoms with Gasteiger partial charge in [-0.25, -0.2) is 0 Å². The van der Waals surface area contributed by atoms with Gasteiger partial charge < -0.3 is 9.73 Å². The van der Waals surface area contributed by atoms with Crippen LogP contribution in [0.25, 0.3) is 0 Å². The molecule has 128 valence electrons. The molecule has 1 aromatic heterocycles. The number of carbonyl (C=O) groups is 1. The third-order valence-corrected chi connectivity index (χ3v) is 4.75. The minimum absolute atomic E-state index is 0.0387. The van der Waals surface area contributed by atoms with Gasteiger partial charge >= 0.3 is 0 Å². The number of likely N-dealkylation sites (tertiary alicyclic amines) is 1. The lowest BCUT2D eigenvalue weighted by atomic mass is 10.0. The van der Waals surface area contributed by atoms with Crippen molar-refractivity contribution in [2.75, 3.05) is 19.6 Å². The standard InChI is InChI=1S/C20H26N2O2/c1-16(14-17-8-3-2-4-9-17)20(23)21-15-18(19-10-7-13-24-19)22-11-5-6-12-22/h2-4,7-10,13,16,18H,5-6,11-12,14-15H2,1H3,(H,21,23). The van der Waals surface area contributed by atoms with Gasteiger partial charge in [0.2, 0.25) is 5.91 Å². The van der Waals surface area contributed by atoms with Crippen molar-refractivity contribution in [3.63, 3.8) is 0 Å². The maximum Gasteiger partial charge on any atom is 0.223 e. The first-order chi connectivity index (χ1) is 11.7. The Bertz CT molecular complexity index is 618. The SMILES string of the molecule is CC(Cc1ccccc1)C(=O)NCC(c1ccco1)N1CCCC1. The molecule has 0 radical (unpaired) electrons. The van der Waals surface area contributed by atoms with E-state index in [1.54, 1.807) is 6.26 Å². The molecule has 0 aliphatic carbocycles. The molecule has 2 atom stereocenters. The van der Waals surface area contributed by atoms with E-state index in [1.807, 2.05) is 37.3 Å². The lowest BCUT2D eigenvalue weighted by Gasteiger charge is -2.26. The summed E-state index contributed by atoms with van der Waals surface area (Å²) in [6.45, 7) is 4.73. The number of amides is 1. The molecule has 1 amide bonds. The van der Waals surface area contributed by atoms with Crippen molar-refractivity contribution in [2.45, 2.75) is 32.2 Å². The summed E-state index contributed by atoms with van der Waals surface area (Å²) < 4.78 is 5.60. The average molecular weight is 326 g/mol. The van der Waals surface area contributed by atoms with Gasteiger partial charge in [-0.2, -0.15) is 0 Å². The number of nitrogens with one attached hydrogen (secondary N) is 1. The van der Waals surface area contributed by atoms with E-state index in [2.05, 4.69) is 22.3 Å². The van der Waals surface area contributed by atoms with Crippen LogP contribution < -0.4 is 5.32 Å². The number of hydrogen-bond acceptors (Lipinski definition) is 3. The van der Waals surface area contributed by atoms with Crippen molar-refractivity contribution >= 4 is 5.91 Å². The number of hydrogen-bond donors (Lipinski definition) is 1. The van der Waals surface area contributed by atoms with Gasteiger partial charge in [-0.3, -0.25) is 9.69 Å². The van der Waals surface area contributed by atoms with Crippen LogP contribution in [0.2, 0.25) is 0 Å². The van der Waals surface area contributed by atoms with E-state index in [0.29, 0.717) is 6.54 Å². The van der Waals surface area contributed by atoms with Crippen LogP contribution in [0.4, 0.5) is 0 Å². The lowest BCUT2D eigenvalue weighted by molar-refractivity contribution is -0.124. The predicted molar refractivity (Wildman–Crippen MR) is 94.6 cm³/mol. The zero-order valence-electron chi connectivity index (χ0n) is 14.3. The highest BCUT2D eigenvalue weighted by Crippen LogP contribution is 2.25. The van der Waals surface area contributed by atoms with E-state index in [4.69, 9.17) is 4.42 Å². The van der Waals surface area contributed by atoms with Crippen LogP contribution >= 0.6 is 0 Å². The molecular weight excluding hydrogens is 300 g/mol. The Balaban J connectivity index is 1.56. The predicted octanol–water partition coefficient (Wildman–Crippen LogP) is 3.41. The van der Waals surface area contributed by atoms with E-state index in [-0.39, 0.29) is 17.9 Å². The van der Waals surface area contributed by atoms with Crippen LogP contribution in [0.1, 0.15) is 37.1 Å². The number of benzene rings is 1. The smallest absolute Gasteiger partial charge is 0.223 e. The highest BCUT2D eigenvalue weighted by Gasteiger charge is 2.26. The van der Waals surface area contributed by atoms with Crippen molar-refractivity contribution in [2.24, 2.45) is 5.92 Å². The minimum atomic E-state index is -0.0387. The Hall–Kier alpha value is -2.07. The van der Waals surface area contributed by atoms with Crippen molar-refractivity contribution in [1.82, 2.24) is 10.2 Å². The minimum Gasteiger partial charge on any atom is -0.468 e. The van der Waals surface area contributed by atoms with E-state index < -0.39 is 0 Å². The maximum atomic E-state index is 12.5. The summed E-state index contributed by atoms with van der Waals surface area (Å²) in [6.07, 6.45) is 4.91. The number of furan rings is 1. The molecule has 1 fully saturated rings. The molecule has 1 N–H and O–H groups in total. The Morgan fingerprint density at radius 1 is 1.17 bits per heavy atom. The third kappa shape index (κ3) is 4.26. The van der Waals surface area contributed by atoms with Crippen molar-refractivity contribution in [3.05, 3.63) is 60.1 Å². The Morgan fingerprint density at radius 3 is 2.58 bits per heavy atom. The van der Waals surface area contributed by atoms with Gasteiger partial charge in [0, 0.05) is 12.5 Å². The van der Waals surface area contributed by atoms with Crippen LogP contribution in [0.3, 0.4) is 0 Å². The van der Waals surface area contributed by atoms with Gasteiger partial charge in [-0.15, -0.1) is 0 Å². The molecule has 0 spiro atoms. The van der Waals surface area contributed by atoms with E-state index in [0.717, 1.165) is 25.3 Å². The Labute approximate surface area is 143 Å². The molecule has 1 aliphatic heterocycles. The van der Waals surface area contributed by atoms with Crippen LogP contribution in [0.15, 0.2) is 53.1 Å². The van der Waals surface area contributed by atoms with Gasteiger partial charge in [0.15, 0.2) is 0 Å². The fourth-order valence-corrected chi connectivity index (χ4v) is 3.38. The van der Waals surface area contributed by atoms with Gasteiger partial charge in [-0.05, 0) is 50.0 Å². The monoisotopic (exact) mass is 326 g/mol. The second-order valence-electron chi connectivity index (χ2n) is 6.61. The quantitative estimate of drug-likeness (QED) is 0.848. The molecule has 2 heterocycles. The summed E-state index contributed by atoms with van der Waals surface area (Å²) >= 11 is 0. The molecule has 24 heavy (non-hydrogen) atoms. The van der Waals surface area contributed by atoms with Crippen molar-refractivity contribution in [3.8, 4) is 0 Å². The number of carbonyl (C=O) groups excluding carboxylic acids is 1. The summed E-state index contributed by atoms with van der Waals surface area (Å²) in [5.41, 5.74) is 1.20. The first-order valence-electron chi connectivity index (χ1n) is 8.83. The molecular formula is C20H26N2O2. The second kappa shape index (κ2) is 8.15. The third-order valence-electron chi connectivity index (χ3n) is 4.75. The molecule has 1 saturated heterocycles. The number of rotatable bonds is 7. The molecule has 1 aromatic carbocycles. The summed E-state index contributed by atoms with van der Waals surface area (Å²) in [5.74, 6) is 1.01. The summed E-state index contributed by atoms with van der Waals surface area (Å²) in [4.78, 5) is 14.9. The van der Waals surface area contributed by atoms with Crippen molar-refractivity contribution in [1.29, 1.82) is 0 Å². The largest absolute Gasteiger partial charge is 0.468 e. The highest BCUT2D eigenvalue weighted by molar-refractivity contribution is 5.78. The summed E-state index contributed by atoms with van der Waals surface area (Å²) in [7, 11) is 0. The van der Waals surface area contributed by atoms with Gasteiger partial charge in [0.1, 0.15) is 5.76 Å². The zero-order chi connectivity index (χ0) is 16.8. The van der Waals surface area contributed by atoms with Crippen LogP contribution in [-0.4, -0.2) is 30.4 Å². The van der Waals surface area contributed by atoms with E-state index >= 15 is 0 Å². The fraction of sp³-hybridized carbons (Fsp3) is 0.450. The first kappa shape index (κ1) is 16.8. The topological polar surface area (TPSA) is 45.5 Å². The summed E-state index contributed by atoms with van der Waals surface area (Å²) in [5, 5.41) is 3.13. The Kier molecular flexibility index (Phi) is 5.70. The van der Waals surface area contributed by atoms with E-state index in [9.17, 15) is 4.79 Å². The normalized spacial score (nSPS) is 17.5. The number of nitrogens with zero attached hydrogens (tertiary/aromatic N) is 1. The molecule has 3 rings (SSSR count). The molecule has 4 nitrogen and oxygen atoms in total. The highest BCUT2D eigenvalue weighted by atomic mass is 16.3.